The molecule has 0 aliphatic rings. The Morgan fingerprint density at radius 3 is 2.52 bits per heavy atom. The van der Waals surface area contributed by atoms with Gasteiger partial charge in [0.05, 0.1) is 0 Å². The molecule has 3 N–H and O–H groups in total. The molecule has 0 saturated carbocycles. The molecule has 1 aromatic rings. The predicted molar refractivity (Wildman–Crippen MR) is 72.7 cm³/mol. The highest BCUT2D eigenvalue weighted by Gasteiger charge is 2.45. The molecular formula is C13H23N3O5. The van der Waals surface area contributed by atoms with Crippen LogP contribution in [0, 0.1) is 5.92 Å². The van der Waals surface area contributed by atoms with Crippen LogP contribution in [-0.4, -0.2) is 34.0 Å². The molecule has 1 aromatic heterocycles. The molecule has 0 amide bonds. The fraction of sp³-hybridized carbons (Fsp3) is 0.769. The Balaban J connectivity index is 2.97. The number of hydrogen-bond acceptors (Lipinski definition) is 8. The molecule has 0 aliphatic carbocycles. The number of rotatable bonds is 6. The van der Waals surface area contributed by atoms with E-state index in [4.69, 9.17) is 19.6 Å². The van der Waals surface area contributed by atoms with Crippen LogP contribution in [-0.2, 0) is 26.6 Å². The lowest BCUT2D eigenvalue weighted by molar-refractivity contribution is -0.173. The van der Waals surface area contributed by atoms with Gasteiger partial charge in [0, 0.05) is 7.11 Å². The highest BCUT2D eigenvalue weighted by molar-refractivity contribution is 5.74. The van der Waals surface area contributed by atoms with E-state index >= 15 is 0 Å². The topological polar surface area (TPSA) is 121 Å². The minimum Gasteiger partial charge on any atom is -0.460 e. The van der Waals surface area contributed by atoms with Gasteiger partial charge in [-0.05, 0) is 27.2 Å². The van der Waals surface area contributed by atoms with Crippen molar-refractivity contribution in [1.82, 2.24) is 10.2 Å². The van der Waals surface area contributed by atoms with Gasteiger partial charge in [-0.15, -0.1) is 10.2 Å². The van der Waals surface area contributed by atoms with Crippen molar-refractivity contribution >= 4 is 5.97 Å². The molecule has 8 nitrogen and oxygen atoms in total. The number of nitrogens with zero attached hydrogens (tertiary/aromatic N) is 2. The van der Waals surface area contributed by atoms with E-state index in [0.717, 1.165) is 0 Å². The fourth-order valence-corrected chi connectivity index (χ4v) is 1.78. The minimum absolute atomic E-state index is 0.0896. The first-order valence-electron chi connectivity index (χ1n) is 6.67. The molecule has 0 fully saturated rings. The molecule has 0 saturated heterocycles. The van der Waals surface area contributed by atoms with Gasteiger partial charge in [0.25, 0.3) is 5.89 Å². The number of aromatic nitrogens is 2. The Kier molecular flexibility index (Phi) is 5.43. The van der Waals surface area contributed by atoms with Crippen LogP contribution in [0.15, 0.2) is 4.42 Å². The summed E-state index contributed by atoms with van der Waals surface area (Å²) < 4.78 is 15.3. The standard InChI is InChI=1S/C13H23N3O5/c1-6-8(10(17)21-12(2,3)4)13(14,18)11-16-15-9(20-11)7-19-5/h8,18H,6-7,14H2,1-5H3/t8?,13-/m0/s1. The maximum absolute atomic E-state index is 12.2. The Hall–Kier alpha value is -1.51. The lowest BCUT2D eigenvalue weighted by atomic mass is 9.93. The van der Waals surface area contributed by atoms with Gasteiger partial charge in [-0.2, -0.15) is 0 Å². The number of ether oxygens (including phenoxy) is 2. The summed E-state index contributed by atoms with van der Waals surface area (Å²) in [5, 5.41) is 17.8. The molecule has 0 radical (unpaired) electrons. The van der Waals surface area contributed by atoms with Crippen molar-refractivity contribution in [3.8, 4) is 0 Å². The van der Waals surface area contributed by atoms with Gasteiger partial charge in [0.1, 0.15) is 18.1 Å². The Bertz CT molecular complexity index is 478. The van der Waals surface area contributed by atoms with Crippen molar-refractivity contribution < 1.29 is 23.8 Å². The third-order valence-electron chi connectivity index (χ3n) is 2.71. The van der Waals surface area contributed by atoms with Crippen LogP contribution < -0.4 is 5.73 Å². The highest BCUT2D eigenvalue weighted by atomic mass is 16.6. The zero-order chi connectivity index (χ0) is 16.3. The summed E-state index contributed by atoms with van der Waals surface area (Å²) in [6.07, 6.45) is 0.254. The maximum Gasteiger partial charge on any atom is 0.314 e. The smallest absolute Gasteiger partial charge is 0.314 e. The van der Waals surface area contributed by atoms with E-state index in [0.29, 0.717) is 0 Å². The van der Waals surface area contributed by atoms with E-state index in [2.05, 4.69) is 10.2 Å². The number of nitrogens with two attached hydrogens (primary N) is 1. The van der Waals surface area contributed by atoms with E-state index < -0.39 is 23.2 Å². The van der Waals surface area contributed by atoms with Crippen LogP contribution in [0.5, 0.6) is 0 Å². The SMILES string of the molecule is CCC(C(=O)OC(C)(C)C)[C@](N)(O)c1nnc(COC)o1. The summed E-state index contributed by atoms with van der Waals surface area (Å²) >= 11 is 0. The van der Waals surface area contributed by atoms with Crippen molar-refractivity contribution in [3.05, 3.63) is 11.8 Å². The maximum atomic E-state index is 12.2. The first-order chi connectivity index (χ1) is 9.61. The van der Waals surface area contributed by atoms with Crippen molar-refractivity contribution in [2.75, 3.05) is 7.11 Å². The zero-order valence-electron chi connectivity index (χ0n) is 13.0. The quantitative estimate of drug-likeness (QED) is 0.581. The second-order valence-electron chi connectivity index (χ2n) is 5.75. The molecular weight excluding hydrogens is 278 g/mol. The summed E-state index contributed by atoms with van der Waals surface area (Å²) in [7, 11) is 1.47. The number of carbonyl (C=O) groups is 1. The number of aliphatic hydroxyl groups is 1. The Morgan fingerprint density at radius 2 is 2.05 bits per heavy atom. The molecule has 120 valence electrons. The van der Waals surface area contributed by atoms with Gasteiger partial charge in [-0.25, -0.2) is 0 Å². The molecule has 0 bridgehead atoms. The van der Waals surface area contributed by atoms with Gasteiger partial charge in [0.15, 0.2) is 0 Å². The highest BCUT2D eigenvalue weighted by Crippen LogP contribution is 2.28. The molecule has 8 heteroatoms. The predicted octanol–water partition coefficient (Wildman–Crippen LogP) is 0.688. The van der Waals surface area contributed by atoms with E-state index in [1.54, 1.807) is 27.7 Å². The summed E-state index contributed by atoms with van der Waals surface area (Å²) in [6.45, 7) is 6.99. The monoisotopic (exact) mass is 301 g/mol. The average Bonchev–Trinajstić information content (AvgIpc) is 2.76. The molecule has 1 heterocycles. The summed E-state index contributed by atoms with van der Waals surface area (Å²) in [6, 6.07) is 0. The number of methoxy groups -OCH3 is 1. The molecule has 0 aromatic carbocycles. The lowest BCUT2D eigenvalue weighted by Crippen LogP contribution is -2.49. The number of carbonyl (C=O) groups excluding carboxylic acids is 1. The average molecular weight is 301 g/mol. The van der Waals surface area contributed by atoms with E-state index in [1.807, 2.05) is 0 Å². The van der Waals surface area contributed by atoms with Crippen LogP contribution in [0.2, 0.25) is 0 Å². The van der Waals surface area contributed by atoms with E-state index in [1.165, 1.54) is 7.11 Å². The van der Waals surface area contributed by atoms with Gasteiger partial charge in [-0.3, -0.25) is 10.5 Å². The van der Waals surface area contributed by atoms with Crippen molar-refractivity contribution in [3.63, 3.8) is 0 Å². The van der Waals surface area contributed by atoms with Crippen molar-refractivity contribution in [1.29, 1.82) is 0 Å². The molecule has 2 atom stereocenters. The number of esters is 1. The van der Waals surface area contributed by atoms with Gasteiger partial charge in [-0.1, -0.05) is 6.92 Å². The van der Waals surface area contributed by atoms with Crippen LogP contribution in [0.1, 0.15) is 45.9 Å². The molecule has 1 rings (SSSR count). The Labute approximate surface area is 123 Å². The largest absolute Gasteiger partial charge is 0.460 e. The van der Waals surface area contributed by atoms with Crippen LogP contribution in [0.3, 0.4) is 0 Å². The first-order valence-corrected chi connectivity index (χ1v) is 6.67. The van der Waals surface area contributed by atoms with Crippen molar-refractivity contribution in [2.24, 2.45) is 11.7 Å². The lowest BCUT2D eigenvalue weighted by Gasteiger charge is -2.30. The van der Waals surface area contributed by atoms with Crippen LogP contribution >= 0.6 is 0 Å². The second kappa shape index (κ2) is 6.50. The Morgan fingerprint density at radius 1 is 1.43 bits per heavy atom. The van der Waals surface area contributed by atoms with E-state index in [9.17, 15) is 9.90 Å². The first kappa shape index (κ1) is 17.5. The molecule has 0 spiro atoms. The van der Waals surface area contributed by atoms with Gasteiger partial charge in [0.2, 0.25) is 11.6 Å². The van der Waals surface area contributed by atoms with Crippen molar-refractivity contribution in [2.45, 2.75) is 52.0 Å². The third-order valence-corrected chi connectivity index (χ3v) is 2.71. The summed E-state index contributed by atoms with van der Waals surface area (Å²) in [5.74, 6) is -1.73. The zero-order valence-corrected chi connectivity index (χ0v) is 13.0. The van der Waals surface area contributed by atoms with Crippen LogP contribution in [0.25, 0.3) is 0 Å². The number of hydrogen-bond donors (Lipinski definition) is 2. The normalized spacial score (nSPS) is 16.3. The van der Waals surface area contributed by atoms with Gasteiger partial charge >= 0.3 is 5.97 Å². The molecule has 1 unspecified atom stereocenters. The summed E-state index contributed by atoms with van der Waals surface area (Å²) in [4.78, 5) is 12.2. The van der Waals surface area contributed by atoms with E-state index in [-0.39, 0.29) is 24.8 Å². The third kappa shape index (κ3) is 4.48. The molecule has 0 aliphatic heterocycles. The second-order valence-corrected chi connectivity index (χ2v) is 5.75. The minimum atomic E-state index is -2.10. The fourth-order valence-electron chi connectivity index (χ4n) is 1.78. The van der Waals surface area contributed by atoms with Crippen LogP contribution in [0.4, 0.5) is 0 Å². The summed E-state index contributed by atoms with van der Waals surface area (Å²) in [5.41, 5.74) is 3.05. The molecule has 21 heavy (non-hydrogen) atoms. The van der Waals surface area contributed by atoms with Gasteiger partial charge < -0.3 is 19.0 Å².